The quantitative estimate of drug-likeness (QED) is 0.549. The second kappa shape index (κ2) is 8.06. The molecule has 0 saturated heterocycles. The van der Waals surface area contributed by atoms with Gasteiger partial charge in [0.2, 0.25) is 0 Å². The fraction of sp³-hybridized carbons (Fsp3) is 0.286. The summed E-state index contributed by atoms with van der Waals surface area (Å²) in [5, 5.41) is 0. The van der Waals surface area contributed by atoms with Crippen molar-refractivity contribution in [2.24, 2.45) is 0 Å². The molecular weight excluding hydrogens is 232 g/mol. The molecule has 0 spiro atoms. The molecule has 0 fully saturated rings. The summed E-state index contributed by atoms with van der Waals surface area (Å²) in [6.07, 6.45) is 1.89. The molecule has 0 aliphatic rings. The summed E-state index contributed by atoms with van der Waals surface area (Å²) < 4.78 is 9.58. The number of hydrogen-bond donors (Lipinski definition) is 0. The number of carbonyl (C=O) groups is 2. The molecule has 18 heavy (non-hydrogen) atoms. The Kier molecular flexibility index (Phi) is 6.25. The van der Waals surface area contributed by atoms with Gasteiger partial charge in [-0.3, -0.25) is 9.59 Å². The molecule has 0 atom stereocenters. The number of ether oxygens (including phenoxy) is 2. The van der Waals surface area contributed by atoms with E-state index < -0.39 is 0 Å². The van der Waals surface area contributed by atoms with E-state index in [2.05, 4.69) is 11.3 Å². The molecule has 0 unspecified atom stereocenters. The molecule has 4 heteroatoms. The molecule has 0 aliphatic heterocycles. The Morgan fingerprint density at radius 3 is 2.44 bits per heavy atom. The highest BCUT2D eigenvalue weighted by molar-refractivity contribution is 5.72. The van der Waals surface area contributed by atoms with E-state index in [1.807, 2.05) is 30.3 Å². The van der Waals surface area contributed by atoms with Crippen LogP contribution in [-0.2, 0) is 25.7 Å². The number of carbonyl (C=O) groups excluding carboxylic acids is 2. The van der Waals surface area contributed by atoms with E-state index in [0.717, 1.165) is 11.8 Å². The maximum atomic E-state index is 11.4. The summed E-state index contributed by atoms with van der Waals surface area (Å²) >= 11 is 0. The van der Waals surface area contributed by atoms with Gasteiger partial charge in [0.15, 0.2) is 0 Å². The highest BCUT2D eigenvalue weighted by Gasteiger charge is 2.06. The fourth-order valence-electron chi connectivity index (χ4n) is 1.34. The van der Waals surface area contributed by atoms with Gasteiger partial charge in [-0.05, 0) is 12.0 Å². The Balaban J connectivity index is 2.14. The standard InChI is InChI=1S/C14H16O4/c1-2-17-13(15)9-6-10-14(16)18-11-12-7-4-3-5-8-12/h2-5,7-8H,1,6,9-11H2. The van der Waals surface area contributed by atoms with Crippen LogP contribution in [0, 0.1) is 0 Å². The molecule has 1 rings (SSSR count). The lowest BCUT2D eigenvalue weighted by Crippen LogP contribution is -2.06. The zero-order chi connectivity index (χ0) is 13.2. The fourth-order valence-corrected chi connectivity index (χ4v) is 1.34. The van der Waals surface area contributed by atoms with Crippen LogP contribution < -0.4 is 0 Å². The van der Waals surface area contributed by atoms with Gasteiger partial charge in [-0.2, -0.15) is 0 Å². The summed E-state index contributed by atoms with van der Waals surface area (Å²) in [4.78, 5) is 22.3. The molecule has 0 aliphatic carbocycles. The summed E-state index contributed by atoms with van der Waals surface area (Å²) in [5.41, 5.74) is 0.942. The van der Waals surface area contributed by atoms with Gasteiger partial charge in [-0.1, -0.05) is 36.9 Å². The topological polar surface area (TPSA) is 52.6 Å². The number of esters is 2. The van der Waals surface area contributed by atoms with E-state index in [4.69, 9.17) is 4.74 Å². The number of benzene rings is 1. The van der Waals surface area contributed by atoms with Crippen molar-refractivity contribution in [3.05, 3.63) is 48.7 Å². The third-order valence-electron chi connectivity index (χ3n) is 2.22. The lowest BCUT2D eigenvalue weighted by atomic mass is 10.2. The Morgan fingerprint density at radius 1 is 1.11 bits per heavy atom. The monoisotopic (exact) mass is 248 g/mol. The predicted molar refractivity (Wildman–Crippen MR) is 66.4 cm³/mol. The Hall–Kier alpha value is -2.10. The first-order valence-electron chi connectivity index (χ1n) is 5.72. The maximum absolute atomic E-state index is 11.4. The second-order valence-corrected chi connectivity index (χ2v) is 3.66. The lowest BCUT2D eigenvalue weighted by Gasteiger charge is -2.04. The van der Waals surface area contributed by atoms with Crippen LogP contribution in [0.25, 0.3) is 0 Å². The van der Waals surface area contributed by atoms with Gasteiger partial charge >= 0.3 is 11.9 Å². The molecule has 0 bridgehead atoms. The summed E-state index contributed by atoms with van der Waals surface area (Å²) in [7, 11) is 0. The molecule has 0 N–H and O–H groups in total. The normalized spacial score (nSPS) is 9.56. The SMILES string of the molecule is C=COC(=O)CCCC(=O)OCc1ccccc1. The highest BCUT2D eigenvalue weighted by atomic mass is 16.5. The van der Waals surface area contributed by atoms with Gasteiger partial charge in [0.25, 0.3) is 0 Å². The molecule has 0 amide bonds. The molecule has 1 aromatic rings. The predicted octanol–water partition coefficient (Wildman–Crippen LogP) is 2.59. The minimum atomic E-state index is -0.388. The van der Waals surface area contributed by atoms with Gasteiger partial charge in [-0.15, -0.1) is 0 Å². The second-order valence-electron chi connectivity index (χ2n) is 3.66. The third kappa shape index (κ3) is 5.84. The highest BCUT2D eigenvalue weighted by Crippen LogP contribution is 2.04. The molecule has 4 nitrogen and oxygen atoms in total. The smallest absolute Gasteiger partial charge is 0.310 e. The van der Waals surface area contributed by atoms with Crippen molar-refractivity contribution >= 4 is 11.9 Å². The minimum absolute atomic E-state index is 0.187. The van der Waals surface area contributed by atoms with Crippen molar-refractivity contribution in [2.45, 2.75) is 25.9 Å². The average Bonchev–Trinajstić information content (AvgIpc) is 2.38. The number of hydrogen-bond acceptors (Lipinski definition) is 4. The van der Waals surface area contributed by atoms with Crippen LogP contribution in [0.15, 0.2) is 43.2 Å². The molecule has 0 aromatic heterocycles. The summed E-state index contributed by atoms with van der Waals surface area (Å²) in [5.74, 6) is -0.703. The van der Waals surface area contributed by atoms with Crippen molar-refractivity contribution < 1.29 is 19.1 Å². The third-order valence-corrected chi connectivity index (χ3v) is 2.22. The molecule has 0 saturated carbocycles. The Bertz CT molecular complexity index is 398. The molecular formula is C14H16O4. The average molecular weight is 248 g/mol. The first-order chi connectivity index (χ1) is 8.72. The summed E-state index contributed by atoms with van der Waals surface area (Å²) in [6.45, 7) is 3.53. The zero-order valence-electron chi connectivity index (χ0n) is 10.1. The van der Waals surface area contributed by atoms with Crippen LogP contribution in [0.2, 0.25) is 0 Å². The van der Waals surface area contributed by atoms with Gasteiger partial charge in [0.05, 0.1) is 6.26 Å². The largest absolute Gasteiger partial charge is 0.461 e. The van der Waals surface area contributed by atoms with Gasteiger partial charge in [-0.25, -0.2) is 0 Å². The molecule has 0 heterocycles. The van der Waals surface area contributed by atoms with Crippen LogP contribution >= 0.6 is 0 Å². The van der Waals surface area contributed by atoms with E-state index in [0.29, 0.717) is 6.42 Å². The van der Waals surface area contributed by atoms with E-state index in [9.17, 15) is 9.59 Å². The van der Waals surface area contributed by atoms with Crippen LogP contribution in [0.5, 0.6) is 0 Å². The maximum Gasteiger partial charge on any atom is 0.310 e. The van der Waals surface area contributed by atoms with Crippen LogP contribution in [-0.4, -0.2) is 11.9 Å². The van der Waals surface area contributed by atoms with Gasteiger partial charge in [0, 0.05) is 12.8 Å². The van der Waals surface area contributed by atoms with Crippen LogP contribution in [0.4, 0.5) is 0 Å². The van der Waals surface area contributed by atoms with Crippen molar-refractivity contribution in [1.29, 1.82) is 0 Å². The first-order valence-corrected chi connectivity index (χ1v) is 5.72. The Labute approximate surface area is 106 Å². The van der Waals surface area contributed by atoms with Crippen molar-refractivity contribution in [3.63, 3.8) is 0 Å². The van der Waals surface area contributed by atoms with Crippen LogP contribution in [0.1, 0.15) is 24.8 Å². The minimum Gasteiger partial charge on any atom is -0.461 e. The number of rotatable bonds is 7. The zero-order valence-corrected chi connectivity index (χ0v) is 10.1. The lowest BCUT2D eigenvalue weighted by molar-refractivity contribution is -0.145. The summed E-state index contributed by atoms with van der Waals surface area (Å²) in [6, 6.07) is 9.43. The van der Waals surface area contributed by atoms with Crippen molar-refractivity contribution in [3.8, 4) is 0 Å². The van der Waals surface area contributed by atoms with E-state index in [1.54, 1.807) is 0 Å². The van der Waals surface area contributed by atoms with E-state index >= 15 is 0 Å². The Morgan fingerprint density at radius 2 is 1.78 bits per heavy atom. The van der Waals surface area contributed by atoms with Gasteiger partial charge in [0.1, 0.15) is 6.61 Å². The van der Waals surface area contributed by atoms with Gasteiger partial charge < -0.3 is 9.47 Å². The molecule has 96 valence electrons. The van der Waals surface area contributed by atoms with Crippen molar-refractivity contribution in [2.75, 3.05) is 0 Å². The van der Waals surface area contributed by atoms with Crippen LogP contribution in [0.3, 0.4) is 0 Å². The van der Waals surface area contributed by atoms with Crippen molar-refractivity contribution in [1.82, 2.24) is 0 Å². The first kappa shape index (κ1) is 14.0. The molecule has 1 aromatic carbocycles. The van der Waals surface area contributed by atoms with E-state index in [-0.39, 0.29) is 31.4 Å². The van der Waals surface area contributed by atoms with E-state index in [1.165, 1.54) is 0 Å². The molecule has 0 radical (unpaired) electrons.